The van der Waals surface area contributed by atoms with E-state index in [0.717, 1.165) is 4.90 Å². The summed E-state index contributed by atoms with van der Waals surface area (Å²) in [7, 11) is 0. The average molecular weight is 382 g/mol. The van der Waals surface area contributed by atoms with E-state index in [1.54, 1.807) is 0 Å². The van der Waals surface area contributed by atoms with E-state index in [0.29, 0.717) is 11.3 Å². The van der Waals surface area contributed by atoms with Crippen LogP contribution in [-0.2, 0) is 9.59 Å². The van der Waals surface area contributed by atoms with Crippen LogP contribution < -0.4 is 10.6 Å². The maximum absolute atomic E-state index is 12.4. The highest BCUT2D eigenvalue weighted by Crippen LogP contribution is 2.18. The smallest absolute Gasteiger partial charge is 0.329 e. The van der Waals surface area contributed by atoms with Crippen molar-refractivity contribution in [3.63, 3.8) is 0 Å². The number of benzene rings is 2. The van der Waals surface area contributed by atoms with Crippen LogP contribution in [0.5, 0.6) is 5.75 Å². The Hall–Kier alpha value is -4.21. The number of imide groups is 1. The number of phenols is 1. The zero-order valence-electron chi connectivity index (χ0n) is 14.3. The Labute approximate surface area is 158 Å². The molecule has 2 aromatic carbocycles. The molecule has 1 fully saturated rings. The van der Waals surface area contributed by atoms with Crippen molar-refractivity contribution in [2.75, 3.05) is 11.9 Å². The summed E-state index contributed by atoms with van der Waals surface area (Å²) in [5.41, 5.74) is 0.730. The van der Waals surface area contributed by atoms with Crippen LogP contribution in [0.1, 0.15) is 5.56 Å². The van der Waals surface area contributed by atoms with Crippen molar-refractivity contribution < 1.29 is 24.4 Å². The first-order chi connectivity index (χ1) is 13.3. The largest absolute Gasteiger partial charge is 0.508 e. The third-order valence-corrected chi connectivity index (χ3v) is 3.83. The summed E-state index contributed by atoms with van der Waals surface area (Å²) in [6.07, 6.45) is 1.36. The first kappa shape index (κ1) is 18.6. The maximum atomic E-state index is 12.4. The standard InChI is InChI=1S/C18H14N4O6/c23-14-7-3-12(4-8-14)19-16(24)10-21-17(25)15(20-18(21)26)9-11-1-5-13(6-2-11)22(27)28/h1-9,23H,10H2,(H,19,24)(H,20,26)/b15-9-. The Morgan fingerprint density at radius 2 is 1.79 bits per heavy atom. The molecule has 0 unspecified atom stereocenters. The number of nitrogens with zero attached hydrogens (tertiary/aromatic N) is 2. The van der Waals surface area contributed by atoms with Gasteiger partial charge in [-0.2, -0.15) is 0 Å². The second-order valence-electron chi connectivity index (χ2n) is 5.82. The number of aromatic hydroxyl groups is 1. The summed E-state index contributed by atoms with van der Waals surface area (Å²) in [5, 5.41) is 24.8. The Morgan fingerprint density at radius 3 is 2.39 bits per heavy atom. The average Bonchev–Trinajstić information content (AvgIpc) is 2.91. The third-order valence-electron chi connectivity index (χ3n) is 3.83. The van der Waals surface area contributed by atoms with Crippen LogP contribution in [0.2, 0.25) is 0 Å². The van der Waals surface area contributed by atoms with E-state index >= 15 is 0 Å². The summed E-state index contributed by atoms with van der Waals surface area (Å²) < 4.78 is 0. The van der Waals surface area contributed by atoms with E-state index < -0.39 is 29.3 Å². The summed E-state index contributed by atoms with van der Waals surface area (Å²) in [6.45, 7) is -0.497. The Balaban J connectivity index is 1.68. The molecule has 10 heteroatoms. The number of carbonyl (C=O) groups is 3. The van der Waals surface area contributed by atoms with Gasteiger partial charge in [-0.05, 0) is 48.0 Å². The zero-order chi connectivity index (χ0) is 20.3. The molecular formula is C18H14N4O6. The highest BCUT2D eigenvalue weighted by molar-refractivity contribution is 6.15. The highest BCUT2D eigenvalue weighted by Gasteiger charge is 2.34. The van der Waals surface area contributed by atoms with Crippen LogP contribution in [0, 0.1) is 10.1 Å². The molecule has 1 aliphatic rings. The number of rotatable bonds is 5. The molecule has 1 aliphatic heterocycles. The van der Waals surface area contributed by atoms with E-state index in [9.17, 15) is 29.6 Å². The molecule has 0 saturated carbocycles. The van der Waals surface area contributed by atoms with E-state index in [-0.39, 0.29) is 17.1 Å². The van der Waals surface area contributed by atoms with Crippen molar-refractivity contribution in [3.8, 4) is 5.75 Å². The summed E-state index contributed by atoms with van der Waals surface area (Å²) in [4.78, 5) is 47.3. The Kier molecular flexibility index (Phi) is 5.03. The molecule has 3 rings (SSSR count). The first-order valence-corrected chi connectivity index (χ1v) is 8.01. The lowest BCUT2D eigenvalue weighted by atomic mass is 10.1. The fourth-order valence-electron chi connectivity index (χ4n) is 2.46. The molecule has 2 aromatic rings. The number of anilines is 1. The van der Waals surface area contributed by atoms with E-state index in [1.807, 2.05) is 0 Å². The quantitative estimate of drug-likeness (QED) is 0.237. The monoisotopic (exact) mass is 382 g/mol. The van der Waals surface area contributed by atoms with Crippen molar-refractivity contribution in [1.29, 1.82) is 0 Å². The molecule has 0 spiro atoms. The molecule has 10 nitrogen and oxygen atoms in total. The molecule has 1 saturated heterocycles. The van der Waals surface area contributed by atoms with Gasteiger partial charge >= 0.3 is 6.03 Å². The molecule has 0 radical (unpaired) electrons. The lowest BCUT2D eigenvalue weighted by Crippen LogP contribution is -2.38. The van der Waals surface area contributed by atoms with Crippen LogP contribution in [0.3, 0.4) is 0 Å². The van der Waals surface area contributed by atoms with E-state index in [1.165, 1.54) is 54.6 Å². The number of carbonyl (C=O) groups excluding carboxylic acids is 3. The van der Waals surface area contributed by atoms with Gasteiger partial charge in [-0.15, -0.1) is 0 Å². The summed E-state index contributed by atoms with van der Waals surface area (Å²) >= 11 is 0. The SMILES string of the molecule is O=C(CN1C(=O)N/C(=C\c2ccc([N+](=O)[O-])cc2)C1=O)Nc1ccc(O)cc1. The number of non-ortho nitro benzene ring substituents is 1. The molecule has 28 heavy (non-hydrogen) atoms. The number of hydrogen-bond donors (Lipinski definition) is 3. The normalized spacial score (nSPS) is 14.9. The molecule has 1 heterocycles. The van der Waals surface area contributed by atoms with Gasteiger partial charge in [0.15, 0.2) is 0 Å². The molecule has 0 aliphatic carbocycles. The number of nitro benzene ring substituents is 1. The van der Waals surface area contributed by atoms with Gasteiger partial charge in [0, 0.05) is 17.8 Å². The summed E-state index contributed by atoms with van der Waals surface area (Å²) in [5.74, 6) is -1.25. The lowest BCUT2D eigenvalue weighted by molar-refractivity contribution is -0.384. The van der Waals surface area contributed by atoms with E-state index in [2.05, 4.69) is 10.6 Å². The molecule has 0 bridgehead atoms. The van der Waals surface area contributed by atoms with Gasteiger partial charge in [0.05, 0.1) is 4.92 Å². The molecule has 0 aromatic heterocycles. The molecular weight excluding hydrogens is 368 g/mol. The summed E-state index contributed by atoms with van der Waals surface area (Å²) in [6, 6.07) is 10.4. The van der Waals surface area contributed by atoms with Crippen molar-refractivity contribution >= 4 is 35.3 Å². The second kappa shape index (κ2) is 7.58. The predicted molar refractivity (Wildman–Crippen MR) is 98.1 cm³/mol. The maximum Gasteiger partial charge on any atom is 0.329 e. The molecule has 0 atom stereocenters. The predicted octanol–water partition coefficient (Wildman–Crippen LogP) is 1.83. The second-order valence-corrected chi connectivity index (χ2v) is 5.82. The topological polar surface area (TPSA) is 142 Å². The van der Waals surface area contributed by atoms with Gasteiger partial charge in [0.2, 0.25) is 5.91 Å². The number of nitro groups is 1. The van der Waals surface area contributed by atoms with Gasteiger partial charge in [-0.1, -0.05) is 0 Å². The van der Waals surface area contributed by atoms with Gasteiger partial charge in [-0.3, -0.25) is 19.7 Å². The fourth-order valence-corrected chi connectivity index (χ4v) is 2.46. The molecule has 3 N–H and O–H groups in total. The Morgan fingerprint density at radius 1 is 1.14 bits per heavy atom. The minimum Gasteiger partial charge on any atom is -0.508 e. The van der Waals surface area contributed by atoms with Crippen LogP contribution in [-0.4, -0.2) is 39.3 Å². The van der Waals surface area contributed by atoms with Crippen LogP contribution >= 0.6 is 0 Å². The van der Waals surface area contributed by atoms with Crippen molar-refractivity contribution in [3.05, 3.63) is 69.9 Å². The first-order valence-electron chi connectivity index (χ1n) is 8.01. The van der Waals surface area contributed by atoms with Crippen LogP contribution in [0.15, 0.2) is 54.2 Å². The van der Waals surface area contributed by atoms with E-state index in [4.69, 9.17) is 0 Å². The van der Waals surface area contributed by atoms with Gasteiger partial charge in [0.25, 0.3) is 11.6 Å². The van der Waals surface area contributed by atoms with Crippen molar-refractivity contribution in [1.82, 2.24) is 10.2 Å². The molecule has 142 valence electrons. The van der Waals surface area contributed by atoms with Crippen LogP contribution in [0.4, 0.5) is 16.2 Å². The highest BCUT2D eigenvalue weighted by atomic mass is 16.6. The number of hydrogen-bond acceptors (Lipinski definition) is 6. The van der Waals surface area contributed by atoms with Gasteiger partial charge < -0.3 is 15.7 Å². The number of nitrogens with one attached hydrogen (secondary N) is 2. The van der Waals surface area contributed by atoms with Crippen LogP contribution in [0.25, 0.3) is 6.08 Å². The fraction of sp³-hybridized carbons (Fsp3) is 0.0556. The third kappa shape index (κ3) is 4.12. The van der Waals surface area contributed by atoms with Crippen molar-refractivity contribution in [2.45, 2.75) is 0 Å². The van der Waals surface area contributed by atoms with Gasteiger partial charge in [0.1, 0.15) is 18.0 Å². The lowest BCUT2D eigenvalue weighted by Gasteiger charge is -2.12. The number of amides is 4. The number of phenolic OH excluding ortho intramolecular Hbond substituents is 1. The minimum absolute atomic E-state index is 0.0353. The van der Waals surface area contributed by atoms with Gasteiger partial charge in [-0.25, -0.2) is 9.69 Å². The Bertz CT molecular complexity index is 982. The minimum atomic E-state index is -0.751. The molecule has 4 amide bonds. The zero-order valence-corrected chi connectivity index (χ0v) is 14.3. The number of urea groups is 1. The van der Waals surface area contributed by atoms with Crippen molar-refractivity contribution in [2.24, 2.45) is 0 Å².